The molecule has 0 saturated carbocycles. The summed E-state index contributed by atoms with van der Waals surface area (Å²) in [6, 6.07) is 5.42. The molecule has 2 aliphatic heterocycles. The third-order valence-corrected chi connectivity index (χ3v) is 8.26. The molecule has 1 atom stereocenters. The predicted molar refractivity (Wildman–Crippen MR) is 118 cm³/mol. The second-order valence-corrected chi connectivity index (χ2v) is 10.3. The van der Waals surface area contributed by atoms with E-state index in [1.165, 1.54) is 0 Å². The summed E-state index contributed by atoms with van der Waals surface area (Å²) < 4.78 is 35.8. The van der Waals surface area contributed by atoms with E-state index in [1.54, 1.807) is 16.4 Å². The van der Waals surface area contributed by atoms with Gasteiger partial charge in [0.25, 0.3) is 0 Å². The highest BCUT2D eigenvalue weighted by molar-refractivity contribution is 7.89. The van der Waals surface area contributed by atoms with Crippen molar-refractivity contribution in [1.29, 1.82) is 0 Å². The lowest BCUT2D eigenvalue weighted by Gasteiger charge is -2.25. The topological polar surface area (TPSA) is 67.7 Å². The van der Waals surface area contributed by atoms with Crippen LogP contribution in [0, 0.1) is 0 Å². The number of aryl methyl sites for hydroxylation is 1. The summed E-state index contributed by atoms with van der Waals surface area (Å²) in [5.41, 5.74) is 1.76. The first-order chi connectivity index (χ1) is 14.5. The van der Waals surface area contributed by atoms with Gasteiger partial charge in [-0.1, -0.05) is 13.3 Å². The van der Waals surface area contributed by atoms with Crippen molar-refractivity contribution in [3.05, 3.63) is 24.0 Å². The lowest BCUT2D eigenvalue weighted by molar-refractivity contribution is 0.0714. The van der Waals surface area contributed by atoms with Gasteiger partial charge in [0.15, 0.2) is 0 Å². The van der Waals surface area contributed by atoms with Gasteiger partial charge in [0.1, 0.15) is 5.82 Å². The molecular formula is C22H34N4O3S. The van der Waals surface area contributed by atoms with E-state index in [4.69, 9.17) is 9.72 Å². The van der Waals surface area contributed by atoms with Gasteiger partial charge in [-0.25, -0.2) is 13.4 Å². The molecule has 2 aliphatic rings. The number of ether oxygens (including phenoxy) is 1. The minimum Gasteiger partial charge on any atom is -0.377 e. The van der Waals surface area contributed by atoms with Crippen molar-refractivity contribution in [2.45, 2.75) is 70.0 Å². The lowest BCUT2D eigenvalue weighted by atomic mass is 10.2. The highest BCUT2D eigenvalue weighted by Crippen LogP contribution is 2.25. The molecule has 8 heteroatoms. The van der Waals surface area contributed by atoms with Crippen LogP contribution >= 0.6 is 0 Å². The maximum Gasteiger partial charge on any atom is 0.243 e. The number of piperidine rings is 1. The van der Waals surface area contributed by atoms with Crippen molar-refractivity contribution in [2.75, 3.05) is 32.8 Å². The molecule has 0 amide bonds. The quantitative estimate of drug-likeness (QED) is 0.638. The Morgan fingerprint density at radius 2 is 1.97 bits per heavy atom. The number of hydrogen-bond acceptors (Lipinski definition) is 5. The largest absolute Gasteiger partial charge is 0.377 e. The average molecular weight is 435 g/mol. The van der Waals surface area contributed by atoms with Gasteiger partial charge < -0.3 is 9.30 Å². The first kappa shape index (κ1) is 21.7. The Labute approximate surface area is 180 Å². The van der Waals surface area contributed by atoms with Crippen LogP contribution < -0.4 is 0 Å². The smallest absolute Gasteiger partial charge is 0.243 e. The minimum atomic E-state index is -3.45. The van der Waals surface area contributed by atoms with Crippen LogP contribution in [-0.2, 0) is 27.8 Å². The van der Waals surface area contributed by atoms with Crippen molar-refractivity contribution in [3.8, 4) is 0 Å². The first-order valence-corrected chi connectivity index (χ1v) is 12.8. The minimum absolute atomic E-state index is 0.311. The molecule has 0 aliphatic carbocycles. The van der Waals surface area contributed by atoms with E-state index >= 15 is 0 Å². The van der Waals surface area contributed by atoms with Crippen molar-refractivity contribution in [2.24, 2.45) is 0 Å². The second-order valence-electron chi connectivity index (χ2n) is 8.35. The van der Waals surface area contributed by atoms with Gasteiger partial charge in [0.2, 0.25) is 10.0 Å². The zero-order valence-corrected chi connectivity index (χ0v) is 19.0. The van der Waals surface area contributed by atoms with Gasteiger partial charge in [-0.3, -0.25) is 4.90 Å². The third kappa shape index (κ3) is 4.42. The van der Waals surface area contributed by atoms with E-state index in [9.17, 15) is 8.42 Å². The normalized spacial score (nSPS) is 21.1. The van der Waals surface area contributed by atoms with E-state index in [-0.39, 0.29) is 0 Å². The molecule has 2 aromatic rings. The molecule has 1 aromatic carbocycles. The summed E-state index contributed by atoms with van der Waals surface area (Å²) in [6.07, 6.45) is 5.56. The predicted octanol–water partition coefficient (Wildman–Crippen LogP) is 3.23. The standard InChI is InChI=1S/C22H34N4O3S/c1-3-24(16-18-9-8-14-29-18)17-22-23-20-15-19(10-11-21(20)26(22)4-2)30(27,28)25-12-6-5-7-13-25/h10-11,15,18H,3-9,12-14,16-17H2,1-2H3. The maximum atomic E-state index is 13.1. The van der Waals surface area contributed by atoms with Gasteiger partial charge in [-0.2, -0.15) is 4.31 Å². The van der Waals surface area contributed by atoms with Crippen LogP contribution in [0.25, 0.3) is 11.0 Å². The van der Waals surface area contributed by atoms with E-state index in [2.05, 4.69) is 23.3 Å². The van der Waals surface area contributed by atoms with Crippen LogP contribution in [0.5, 0.6) is 0 Å². The summed E-state index contributed by atoms with van der Waals surface area (Å²) in [5.74, 6) is 0.986. The van der Waals surface area contributed by atoms with Gasteiger partial charge in [0, 0.05) is 32.8 Å². The van der Waals surface area contributed by atoms with E-state index < -0.39 is 10.0 Å². The van der Waals surface area contributed by atoms with Gasteiger partial charge in [-0.15, -0.1) is 0 Å². The molecule has 3 heterocycles. The molecule has 0 radical (unpaired) electrons. The second kappa shape index (κ2) is 9.34. The molecule has 1 aromatic heterocycles. The molecule has 0 N–H and O–H groups in total. The lowest BCUT2D eigenvalue weighted by Crippen LogP contribution is -2.35. The average Bonchev–Trinajstić information content (AvgIpc) is 3.40. The van der Waals surface area contributed by atoms with E-state index in [0.717, 1.165) is 81.7 Å². The Morgan fingerprint density at radius 1 is 1.17 bits per heavy atom. The summed E-state index contributed by atoms with van der Waals surface area (Å²) >= 11 is 0. The third-order valence-electron chi connectivity index (χ3n) is 6.37. The van der Waals surface area contributed by atoms with Crippen molar-refractivity contribution in [1.82, 2.24) is 18.8 Å². The van der Waals surface area contributed by atoms with Crippen molar-refractivity contribution >= 4 is 21.1 Å². The first-order valence-electron chi connectivity index (χ1n) is 11.4. The molecule has 4 rings (SSSR count). The molecule has 1 unspecified atom stereocenters. The van der Waals surface area contributed by atoms with Gasteiger partial charge in [0.05, 0.1) is 28.6 Å². The monoisotopic (exact) mass is 434 g/mol. The SMILES string of the molecule is CCN(Cc1nc2cc(S(=O)(=O)N3CCCCC3)ccc2n1CC)CC1CCCO1. The van der Waals surface area contributed by atoms with Crippen LogP contribution in [0.4, 0.5) is 0 Å². The summed E-state index contributed by atoms with van der Waals surface area (Å²) in [7, 11) is -3.45. The number of benzene rings is 1. The summed E-state index contributed by atoms with van der Waals surface area (Å²) in [5, 5.41) is 0. The highest BCUT2D eigenvalue weighted by atomic mass is 32.2. The zero-order chi connectivity index (χ0) is 21.1. The van der Waals surface area contributed by atoms with E-state index in [0.29, 0.717) is 24.1 Å². The molecule has 0 bridgehead atoms. The number of hydrogen-bond donors (Lipinski definition) is 0. The van der Waals surface area contributed by atoms with Gasteiger partial charge >= 0.3 is 0 Å². The van der Waals surface area contributed by atoms with Crippen LogP contribution in [0.2, 0.25) is 0 Å². The Bertz CT molecular complexity index is 960. The van der Waals surface area contributed by atoms with Gasteiger partial charge in [-0.05, 0) is 57.4 Å². The molecule has 2 saturated heterocycles. The van der Waals surface area contributed by atoms with Crippen LogP contribution in [0.3, 0.4) is 0 Å². The number of likely N-dealkylation sites (N-methyl/N-ethyl adjacent to an activating group) is 1. The van der Waals surface area contributed by atoms with Crippen LogP contribution in [0.1, 0.15) is 51.8 Å². The summed E-state index contributed by atoms with van der Waals surface area (Å²) in [6.45, 7) is 9.77. The summed E-state index contributed by atoms with van der Waals surface area (Å²) in [4.78, 5) is 7.59. The Morgan fingerprint density at radius 3 is 2.63 bits per heavy atom. The van der Waals surface area contributed by atoms with Crippen LogP contribution in [0.15, 0.2) is 23.1 Å². The fourth-order valence-electron chi connectivity index (χ4n) is 4.63. The maximum absolute atomic E-state index is 13.1. The Hall–Kier alpha value is -1.48. The number of imidazole rings is 1. The molecule has 166 valence electrons. The molecule has 7 nitrogen and oxygen atoms in total. The zero-order valence-electron chi connectivity index (χ0n) is 18.2. The fraction of sp³-hybridized carbons (Fsp3) is 0.682. The number of fused-ring (bicyclic) bond motifs is 1. The Balaban J connectivity index is 1.60. The van der Waals surface area contributed by atoms with E-state index in [1.807, 2.05) is 6.07 Å². The molecular weight excluding hydrogens is 400 g/mol. The molecule has 0 spiro atoms. The van der Waals surface area contributed by atoms with Crippen molar-refractivity contribution < 1.29 is 13.2 Å². The number of aromatic nitrogens is 2. The Kier molecular flexibility index (Phi) is 6.77. The molecule has 30 heavy (non-hydrogen) atoms. The molecule has 2 fully saturated rings. The highest BCUT2D eigenvalue weighted by Gasteiger charge is 2.27. The number of nitrogens with zero attached hydrogens (tertiary/aromatic N) is 4. The number of sulfonamides is 1. The number of rotatable bonds is 8. The van der Waals surface area contributed by atoms with Crippen LogP contribution in [-0.4, -0.2) is 66.1 Å². The van der Waals surface area contributed by atoms with Crippen molar-refractivity contribution in [3.63, 3.8) is 0 Å². The fourth-order valence-corrected chi connectivity index (χ4v) is 6.17.